The number of hydrogen-bond donors (Lipinski definition) is 3. The van der Waals surface area contributed by atoms with E-state index < -0.39 is 44.1 Å². The predicted octanol–water partition coefficient (Wildman–Crippen LogP) is 3.61. The van der Waals surface area contributed by atoms with Crippen molar-refractivity contribution < 1.29 is 41.0 Å². The fourth-order valence-corrected chi connectivity index (χ4v) is 3.49. The summed E-state index contributed by atoms with van der Waals surface area (Å²) in [7, 11) is 0. The first-order chi connectivity index (χ1) is 17.0. The van der Waals surface area contributed by atoms with Crippen LogP contribution in [0.2, 0.25) is 0 Å². The second kappa shape index (κ2) is 10.2. The van der Waals surface area contributed by atoms with Gasteiger partial charge in [0, 0.05) is 12.1 Å². The molecule has 1 fully saturated rings. The molecule has 1 amide bonds. The number of nitrogens with one attached hydrogen (secondary N) is 3. The molecule has 0 bridgehead atoms. The van der Waals surface area contributed by atoms with E-state index >= 15 is 0 Å². The van der Waals surface area contributed by atoms with Crippen molar-refractivity contribution in [3.05, 3.63) is 35.4 Å². The van der Waals surface area contributed by atoms with E-state index in [9.17, 15) is 26.7 Å². The van der Waals surface area contributed by atoms with Gasteiger partial charge in [0.05, 0.1) is 29.9 Å². The van der Waals surface area contributed by atoms with Gasteiger partial charge in [-0.2, -0.15) is 10.2 Å². The fourth-order valence-electron chi connectivity index (χ4n) is 3.49. The summed E-state index contributed by atoms with van der Waals surface area (Å²) in [6.45, 7) is 1.48. The molecule has 0 saturated carbocycles. The van der Waals surface area contributed by atoms with Crippen LogP contribution < -0.4 is 10.6 Å². The normalized spacial score (nSPS) is 20.3. The van der Waals surface area contributed by atoms with E-state index in [0.717, 1.165) is 4.52 Å². The fraction of sp³-hybridized carbons (Fsp3) is 0.500. The van der Waals surface area contributed by atoms with Gasteiger partial charge in [-0.3, -0.25) is 9.84 Å². The summed E-state index contributed by atoms with van der Waals surface area (Å²) in [5.74, 6) is 0.187. The number of halogens is 5. The van der Waals surface area contributed by atoms with Crippen LogP contribution in [0.25, 0.3) is 5.52 Å². The zero-order valence-electron chi connectivity index (χ0n) is 19.0. The third kappa shape index (κ3) is 5.99. The summed E-state index contributed by atoms with van der Waals surface area (Å²) < 4.78 is 80.8. The van der Waals surface area contributed by atoms with E-state index in [0.29, 0.717) is 0 Å². The quantitative estimate of drug-likeness (QED) is 0.385. The maximum Gasteiger partial charge on any atom is 0.522 e. The highest BCUT2D eigenvalue weighted by Gasteiger charge is 2.42. The first kappa shape index (κ1) is 25.6. The van der Waals surface area contributed by atoms with E-state index in [-0.39, 0.29) is 46.9 Å². The zero-order chi connectivity index (χ0) is 26.0. The van der Waals surface area contributed by atoms with Crippen LogP contribution in [0.4, 0.5) is 38.4 Å². The average molecular weight is 519 g/mol. The summed E-state index contributed by atoms with van der Waals surface area (Å²) in [5, 5.41) is 15.9. The molecule has 3 aromatic heterocycles. The van der Waals surface area contributed by atoms with Crippen LogP contribution in [0.5, 0.6) is 0 Å². The van der Waals surface area contributed by atoms with E-state index in [1.165, 1.54) is 18.3 Å². The van der Waals surface area contributed by atoms with Crippen molar-refractivity contribution in [1.29, 1.82) is 0 Å². The van der Waals surface area contributed by atoms with Crippen LogP contribution in [0, 0.1) is 0 Å². The lowest BCUT2D eigenvalue weighted by atomic mass is 10.1. The van der Waals surface area contributed by atoms with Gasteiger partial charge in [0.25, 0.3) is 0 Å². The summed E-state index contributed by atoms with van der Waals surface area (Å²) in [4.78, 5) is 15.9. The van der Waals surface area contributed by atoms with Crippen molar-refractivity contribution in [3.63, 3.8) is 0 Å². The topological polar surface area (TPSA) is 128 Å². The number of rotatable bonds is 8. The minimum Gasteiger partial charge on any atom is -0.441 e. The Hall–Kier alpha value is -3.53. The third-order valence-electron chi connectivity index (χ3n) is 4.98. The van der Waals surface area contributed by atoms with Crippen molar-refractivity contribution >= 4 is 23.2 Å². The number of anilines is 2. The number of carbonyl (C=O) groups excluding carboxylic acids is 1. The number of aromatic nitrogens is 5. The van der Waals surface area contributed by atoms with Crippen LogP contribution in [-0.2, 0) is 27.5 Å². The number of H-pyrrole nitrogens is 1. The molecule has 1 aliphatic rings. The number of hydrogen-bond acceptors (Lipinski definition) is 8. The number of nitrogens with zero attached hydrogens (tertiary/aromatic N) is 4. The van der Waals surface area contributed by atoms with Gasteiger partial charge < -0.3 is 20.1 Å². The van der Waals surface area contributed by atoms with Crippen molar-refractivity contribution in [1.82, 2.24) is 30.1 Å². The molecule has 1 saturated heterocycles. The molecular weight excluding hydrogens is 497 g/mol. The Labute approximate surface area is 200 Å². The van der Waals surface area contributed by atoms with E-state index in [1.54, 1.807) is 13.8 Å². The van der Waals surface area contributed by atoms with Crippen molar-refractivity contribution in [3.8, 4) is 0 Å². The van der Waals surface area contributed by atoms with E-state index in [2.05, 4.69) is 35.7 Å². The van der Waals surface area contributed by atoms with Gasteiger partial charge in [-0.05, 0) is 19.9 Å². The summed E-state index contributed by atoms with van der Waals surface area (Å²) >= 11 is 0. The molecule has 3 N–H and O–H groups in total. The summed E-state index contributed by atoms with van der Waals surface area (Å²) in [6.07, 6.45) is -8.29. The SMILES string of the molecule is CC(C)NC(=O)O[C@H]1CO[C@@H](c2cc(Nc3nc(CF)cn4nc(COC(F)(F)F)cc34)n[nH]2)[C@@H]1F. The number of carbonyl (C=O) groups is 1. The van der Waals surface area contributed by atoms with E-state index in [4.69, 9.17) is 9.47 Å². The van der Waals surface area contributed by atoms with Crippen molar-refractivity contribution in [2.24, 2.45) is 0 Å². The maximum atomic E-state index is 14.9. The Kier molecular flexibility index (Phi) is 7.26. The zero-order valence-corrected chi connectivity index (χ0v) is 19.0. The molecule has 11 nitrogen and oxygen atoms in total. The van der Waals surface area contributed by atoms with Crippen LogP contribution in [0.3, 0.4) is 0 Å². The molecule has 1 aliphatic heterocycles. The Bertz CT molecular complexity index is 1210. The van der Waals surface area contributed by atoms with Crippen LogP contribution in [0.15, 0.2) is 18.3 Å². The highest BCUT2D eigenvalue weighted by atomic mass is 19.4. The van der Waals surface area contributed by atoms with Crippen molar-refractivity contribution in [2.75, 3.05) is 11.9 Å². The van der Waals surface area contributed by atoms with Gasteiger partial charge in [0.15, 0.2) is 23.9 Å². The minimum atomic E-state index is -4.84. The first-order valence-electron chi connectivity index (χ1n) is 10.7. The lowest BCUT2D eigenvalue weighted by Gasteiger charge is -2.16. The standard InChI is InChI=1S/C20H22F5N7O4/c1-9(2)26-19(33)36-14-8-34-17(16(14)22)12-4-15(30-29-12)28-18-13-3-10(7-35-20(23,24)25)31-32(13)6-11(5-21)27-18/h3-4,6,9,14,16-17H,5,7-8H2,1-2H3,(H,26,33)(H2,27,28,29,30)/t14-,16+,17-/m0/s1. The first-order valence-corrected chi connectivity index (χ1v) is 10.7. The average Bonchev–Trinajstić information content (AvgIpc) is 3.50. The summed E-state index contributed by atoms with van der Waals surface area (Å²) in [5.41, 5.74) is 0.339. The number of amides is 1. The number of ether oxygens (including phenoxy) is 3. The molecule has 0 aliphatic carbocycles. The van der Waals surface area contributed by atoms with Gasteiger partial charge in [0.1, 0.15) is 24.9 Å². The largest absolute Gasteiger partial charge is 0.522 e. The predicted molar refractivity (Wildman–Crippen MR) is 113 cm³/mol. The van der Waals surface area contributed by atoms with E-state index in [1.807, 2.05) is 0 Å². The molecule has 0 aromatic carbocycles. The second-order valence-corrected chi connectivity index (χ2v) is 8.19. The third-order valence-corrected chi connectivity index (χ3v) is 4.98. The lowest BCUT2D eigenvalue weighted by Crippen LogP contribution is -2.36. The molecule has 16 heteroatoms. The van der Waals surface area contributed by atoms with Gasteiger partial charge in [-0.25, -0.2) is 23.1 Å². The number of alkyl carbamates (subject to hydrolysis) is 1. The smallest absolute Gasteiger partial charge is 0.441 e. The van der Waals surface area contributed by atoms with Crippen LogP contribution in [0.1, 0.15) is 37.0 Å². The Morgan fingerprint density at radius 1 is 1.33 bits per heavy atom. The molecular formula is C20H22F5N7O4. The maximum absolute atomic E-state index is 14.9. The number of aromatic amines is 1. The Balaban J connectivity index is 1.49. The summed E-state index contributed by atoms with van der Waals surface area (Å²) in [6, 6.07) is 2.52. The van der Waals surface area contributed by atoms with Crippen molar-refractivity contribution in [2.45, 2.75) is 57.9 Å². The Morgan fingerprint density at radius 3 is 2.81 bits per heavy atom. The highest BCUT2D eigenvalue weighted by molar-refractivity contribution is 5.72. The number of fused-ring (bicyclic) bond motifs is 1. The van der Waals surface area contributed by atoms with Crippen LogP contribution in [-0.4, -0.2) is 62.2 Å². The molecule has 36 heavy (non-hydrogen) atoms. The van der Waals surface area contributed by atoms with Gasteiger partial charge in [-0.1, -0.05) is 0 Å². The molecule has 3 atom stereocenters. The highest BCUT2D eigenvalue weighted by Crippen LogP contribution is 2.34. The second-order valence-electron chi connectivity index (χ2n) is 8.19. The van der Waals surface area contributed by atoms with Gasteiger partial charge in [-0.15, -0.1) is 13.2 Å². The molecule has 0 radical (unpaired) electrons. The van der Waals surface area contributed by atoms with Crippen LogP contribution >= 0.6 is 0 Å². The monoisotopic (exact) mass is 519 g/mol. The van der Waals surface area contributed by atoms with Gasteiger partial charge >= 0.3 is 12.5 Å². The minimum absolute atomic E-state index is 0.0460. The molecule has 196 valence electrons. The molecule has 0 unspecified atom stereocenters. The number of alkyl halides is 5. The molecule has 4 rings (SSSR count). The Morgan fingerprint density at radius 2 is 2.11 bits per heavy atom. The lowest BCUT2D eigenvalue weighted by molar-refractivity contribution is -0.330. The molecule has 0 spiro atoms. The molecule has 3 aromatic rings. The van der Waals surface area contributed by atoms with Gasteiger partial charge in [0.2, 0.25) is 0 Å². The molecule has 4 heterocycles.